The normalized spacial score (nSPS) is 13.5. The lowest BCUT2D eigenvalue weighted by atomic mass is 9.97. The molecule has 0 fully saturated rings. The van der Waals surface area contributed by atoms with Gasteiger partial charge < -0.3 is 0 Å². The maximum absolute atomic E-state index is 13.7. The van der Waals surface area contributed by atoms with E-state index in [0.29, 0.717) is 35.2 Å². The molecule has 0 amide bonds. The first kappa shape index (κ1) is 22.6. The first-order valence-electron chi connectivity index (χ1n) is 8.55. The van der Waals surface area contributed by atoms with Crippen LogP contribution < -0.4 is 0 Å². The van der Waals surface area contributed by atoms with Crippen molar-refractivity contribution in [3.63, 3.8) is 0 Å². The van der Waals surface area contributed by atoms with E-state index in [0.717, 1.165) is 6.07 Å². The van der Waals surface area contributed by atoms with Crippen LogP contribution in [0.1, 0.15) is 16.7 Å². The number of nitrogens with zero attached hydrogens (tertiary/aromatic N) is 1. The number of alkyl halides is 6. The molecule has 0 atom stereocenters. The van der Waals surface area contributed by atoms with Crippen molar-refractivity contribution < 1.29 is 39.0 Å². The van der Waals surface area contributed by atoms with Crippen LogP contribution >= 0.6 is 0 Å². The second-order valence-electron chi connectivity index (χ2n) is 6.46. The Bertz CT molecular complexity index is 1250. The number of fused-ring (bicyclic) bond motifs is 1. The number of halogens is 6. The predicted molar refractivity (Wildman–Crippen MR) is 101 cm³/mol. The highest BCUT2D eigenvalue weighted by Gasteiger charge is 2.39. The van der Waals surface area contributed by atoms with E-state index in [-0.39, 0.29) is 5.39 Å². The van der Waals surface area contributed by atoms with Crippen LogP contribution in [0.5, 0.6) is 0 Å². The molecule has 0 aromatic heterocycles. The van der Waals surface area contributed by atoms with Crippen molar-refractivity contribution in [3.05, 3.63) is 77.4 Å². The van der Waals surface area contributed by atoms with Gasteiger partial charge in [-0.25, -0.2) is 0 Å². The molecule has 0 saturated heterocycles. The summed E-state index contributed by atoms with van der Waals surface area (Å²) in [5, 5.41) is 3.52. The maximum Gasteiger partial charge on any atom is 0.437 e. The van der Waals surface area contributed by atoms with E-state index in [9.17, 15) is 34.8 Å². The molecule has 0 aliphatic heterocycles. The Kier molecular flexibility index (Phi) is 5.74. The maximum atomic E-state index is 13.7. The zero-order chi connectivity index (χ0) is 23.0. The summed E-state index contributed by atoms with van der Waals surface area (Å²) in [6, 6.07) is 10.8. The van der Waals surface area contributed by atoms with Gasteiger partial charge in [0.05, 0.1) is 5.56 Å². The van der Waals surface area contributed by atoms with E-state index in [1.54, 1.807) is 19.1 Å². The number of aryl methyl sites for hydroxylation is 1. The van der Waals surface area contributed by atoms with Gasteiger partial charge in [-0.3, -0.25) is 4.28 Å². The Morgan fingerprint density at radius 2 is 1.42 bits per heavy atom. The minimum absolute atomic E-state index is 0.175. The van der Waals surface area contributed by atoms with E-state index in [2.05, 4.69) is 9.44 Å². The van der Waals surface area contributed by atoms with Gasteiger partial charge >= 0.3 is 22.5 Å². The van der Waals surface area contributed by atoms with Crippen molar-refractivity contribution in [2.24, 2.45) is 5.16 Å². The minimum Gasteiger partial charge on any atom is -0.264 e. The standard InChI is InChI=1S/C20H13F6NO3S/c1-12-6-11-17(16-5-3-2-4-15(12)16)18(20(24,25)26)27-30-31(28,29)14-9-7-13(8-10-14)19(21,22)23/h2-11H,1H3/b27-18+. The number of benzene rings is 3. The molecule has 0 unspecified atom stereocenters. The van der Waals surface area contributed by atoms with Crippen LogP contribution in [0.2, 0.25) is 0 Å². The van der Waals surface area contributed by atoms with Crippen molar-refractivity contribution in [2.45, 2.75) is 24.2 Å². The van der Waals surface area contributed by atoms with E-state index in [1.165, 1.54) is 18.2 Å². The third kappa shape index (κ3) is 4.82. The third-order valence-corrected chi connectivity index (χ3v) is 5.48. The molecule has 164 valence electrons. The van der Waals surface area contributed by atoms with Crippen molar-refractivity contribution in [1.29, 1.82) is 0 Å². The second-order valence-corrected chi connectivity index (χ2v) is 7.99. The van der Waals surface area contributed by atoms with Gasteiger partial charge in [0.2, 0.25) is 0 Å². The molecule has 31 heavy (non-hydrogen) atoms. The fraction of sp³-hybridized carbons (Fsp3) is 0.150. The second kappa shape index (κ2) is 7.88. The zero-order valence-corrected chi connectivity index (χ0v) is 16.4. The molecule has 3 rings (SSSR count). The Labute approximate surface area is 172 Å². The van der Waals surface area contributed by atoms with Crippen LogP contribution in [0.4, 0.5) is 26.3 Å². The summed E-state index contributed by atoms with van der Waals surface area (Å²) < 4.78 is 107. The van der Waals surface area contributed by atoms with E-state index >= 15 is 0 Å². The van der Waals surface area contributed by atoms with Gasteiger partial charge in [-0.1, -0.05) is 41.6 Å². The highest BCUT2D eigenvalue weighted by atomic mass is 32.2. The van der Waals surface area contributed by atoms with Crippen LogP contribution in [0.15, 0.2) is 70.7 Å². The highest BCUT2D eigenvalue weighted by Crippen LogP contribution is 2.31. The summed E-state index contributed by atoms with van der Waals surface area (Å²) in [6.07, 6.45) is -9.79. The molecule has 11 heteroatoms. The zero-order valence-electron chi connectivity index (χ0n) is 15.6. The molecular weight excluding hydrogens is 448 g/mol. The van der Waals surface area contributed by atoms with Crippen LogP contribution in [-0.4, -0.2) is 20.3 Å². The number of hydrogen-bond acceptors (Lipinski definition) is 4. The van der Waals surface area contributed by atoms with Gasteiger partial charge in [-0.2, -0.15) is 34.8 Å². The van der Waals surface area contributed by atoms with E-state index < -0.39 is 44.2 Å². The summed E-state index contributed by atoms with van der Waals surface area (Å²) in [6.45, 7) is 1.70. The van der Waals surface area contributed by atoms with Crippen molar-refractivity contribution in [3.8, 4) is 0 Å². The van der Waals surface area contributed by atoms with Crippen LogP contribution in [0.3, 0.4) is 0 Å². The molecule has 3 aromatic carbocycles. The van der Waals surface area contributed by atoms with Gasteiger partial charge in [0.15, 0.2) is 5.71 Å². The van der Waals surface area contributed by atoms with Crippen LogP contribution in [0.25, 0.3) is 10.8 Å². The smallest absolute Gasteiger partial charge is 0.264 e. The van der Waals surface area contributed by atoms with Gasteiger partial charge in [0.1, 0.15) is 4.90 Å². The molecule has 0 radical (unpaired) electrons. The largest absolute Gasteiger partial charge is 0.437 e. The topological polar surface area (TPSA) is 55.7 Å². The molecule has 0 N–H and O–H groups in total. The molecule has 0 aliphatic rings. The van der Waals surface area contributed by atoms with Crippen molar-refractivity contribution in [1.82, 2.24) is 0 Å². The first-order chi connectivity index (χ1) is 14.3. The van der Waals surface area contributed by atoms with Gasteiger partial charge in [0.25, 0.3) is 0 Å². The molecule has 0 saturated carbocycles. The summed E-state index contributed by atoms with van der Waals surface area (Å²) in [7, 11) is -4.90. The first-order valence-corrected chi connectivity index (χ1v) is 9.96. The molecule has 0 spiro atoms. The fourth-order valence-corrected chi connectivity index (χ4v) is 3.58. The Hall–Kier alpha value is -3.08. The predicted octanol–water partition coefficient (Wildman–Crippen LogP) is 5.84. The lowest BCUT2D eigenvalue weighted by molar-refractivity contribution is -0.137. The quantitative estimate of drug-likeness (QED) is 0.279. The molecule has 4 nitrogen and oxygen atoms in total. The number of hydrogen-bond donors (Lipinski definition) is 0. The Morgan fingerprint density at radius 3 is 1.97 bits per heavy atom. The number of rotatable bonds is 4. The monoisotopic (exact) mass is 461 g/mol. The van der Waals surface area contributed by atoms with Gasteiger partial charge in [-0.05, 0) is 47.5 Å². The highest BCUT2D eigenvalue weighted by molar-refractivity contribution is 7.86. The van der Waals surface area contributed by atoms with Crippen LogP contribution in [-0.2, 0) is 20.6 Å². The van der Waals surface area contributed by atoms with E-state index in [1.807, 2.05) is 0 Å². The average molecular weight is 461 g/mol. The summed E-state index contributed by atoms with van der Waals surface area (Å²) in [4.78, 5) is -0.778. The van der Waals surface area contributed by atoms with Crippen LogP contribution in [0, 0.1) is 6.92 Å². The molecule has 0 aliphatic carbocycles. The summed E-state index contributed by atoms with van der Waals surface area (Å²) >= 11 is 0. The lowest BCUT2D eigenvalue weighted by Crippen LogP contribution is -2.25. The molecule has 0 bridgehead atoms. The number of oxime groups is 1. The summed E-state index contributed by atoms with van der Waals surface area (Å²) in [5.74, 6) is 0. The SMILES string of the molecule is Cc1ccc(/C(=N\OS(=O)(=O)c2ccc(C(F)(F)F)cc2)C(F)(F)F)c2ccccc12. The fourth-order valence-electron chi connectivity index (χ4n) is 2.85. The molecular formula is C20H13F6NO3S. The van der Waals surface area contributed by atoms with Crippen molar-refractivity contribution in [2.75, 3.05) is 0 Å². The molecule has 3 aromatic rings. The minimum atomic E-state index is -5.08. The lowest BCUT2D eigenvalue weighted by Gasteiger charge is -2.14. The van der Waals surface area contributed by atoms with Gasteiger partial charge in [0, 0.05) is 5.56 Å². The Morgan fingerprint density at radius 1 is 0.839 bits per heavy atom. The van der Waals surface area contributed by atoms with E-state index in [4.69, 9.17) is 0 Å². The average Bonchev–Trinajstić information content (AvgIpc) is 2.68. The van der Waals surface area contributed by atoms with Crippen molar-refractivity contribution >= 4 is 26.6 Å². The Balaban J connectivity index is 2.04. The third-order valence-electron chi connectivity index (χ3n) is 4.36. The van der Waals surface area contributed by atoms with Gasteiger partial charge in [-0.15, -0.1) is 0 Å². The molecule has 0 heterocycles. The summed E-state index contributed by atoms with van der Waals surface area (Å²) in [5.41, 5.74) is -2.44.